The predicted molar refractivity (Wildman–Crippen MR) is 91.4 cm³/mol. The lowest BCUT2D eigenvalue weighted by Gasteiger charge is -2.29. The van der Waals surface area contributed by atoms with E-state index in [1.165, 1.54) is 30.6 Å². The van der Waals surface area contributed by atoms with Gasteiger partial charge in [0, 0.05) is 35.5 Å². The maximum Gasteiger partial charge on any atom is 0.317 e. The van der Waals surface area contributed by atoms with E-state index < -0.39 is 0 Å². The van der Waals surface area contributed by atoms with E-state index >= 15 is 0 Å². The van der Waals surface area contributed by atoms with Crippen LogP contribution < -0.4 is 5.32 Å². The highest BCUT2D eigenvalue weighted by Gasteiger charge is 2.36. The van der Waals surface area contributed by atoms with Gasteiger partial charge in [-0.25, -0.2) is 9.78 Å². The zero-order valence-electron chi connectivity index (χ0n) is 12.7. The van der Waals surface area contributed by atoms with Gasteiger partial charge in [0.2, 0.25) is 0 Å². The van der Waals surface area contributed by atoms with Crippen LogP contribution in [0.5, 0.6) is 0 Å². The van der Waals surface area contributed by atoms with E-state index in [9.17, 15) is 4.79 Å². The van der Waals surface area contributed by atoms with Gasteiger partial charge in [0.1, 0.15) is 5.01 Å². The van der Waals surface area contributed by atoms with Gasteiger partial charge >= 0.3 is 6.03 Å². The maximum absolute atomic E-state index is 12.3. The van der Waals surface area contributed by atoms with Crippen molar-refractivity contribution in [1.82, 2.24) is 15.2 Å². The van der Waals surface area contributed by atoms with Crippen LogP contribution in [0.2, 0.25) is 0 Å². The molecule has 0 bridgehead atoms. The van der Waals surface area contributed by atoms with Crippen molar-refractivity contribution in [3.63, 3.8) is 0 Å². The molecule has 1 saturated carbocycles. The SMILES string of the molecule is CN(Cc1nccs1)C(=O)NCC1(c2cccs2)CCCC1. The Bertz CT molecular complexity index is 589. The number of aromatic nitrogens is 1. The molecule has 0 aromatic carbocycles. The molecular formula is C16H21N3OS2. The topological polar surface area (TPSA) is 45.2 Å². The van der Waals surface area contributed by atoms with Crippen molar-refractivity contribution in [2.24, 2.45) is 0 Å². The average Bonchev–Trinajstić information content (AvgIpc) is 3.25. The first-order chi connectivity index (χ1) is 10.7. The Morgan fingerprint density at radius 1 is 1.36 bits per heavy atom. The van der Waals surface area contributed by atoms with Gasteiger partial charge in [-0.1, -0.05) is 18.9 Å². The standard InChI is InChI=1S/C16H21N3OS2/c1-19(11-14-17-8-10-22-14)15(20)18-12-16(6-2-3-7-16)13-5-4-9-21-13/h4-5,8-10H,2-3,6-7,11-12H2,1H3,(H,18,20). The molecule has 0 saturated heterocycles. The Balaban J connectivity index is 1.59. The fraction of sp³-hybridized carbons (Fsp3) is 0.500. The van der Waals surface area contributed by atoms with Gasteiger partial charge in [0.25, 0.3) is 0 Å². The summed E-state index contributed by atoms with van der Waals surface area (Å²) in [5, 5.41) is 8.17. The fourth-order valence-electron chi connectivity index (χ4n) is 3.13. The smallest absolute Gasteiger partial charge is 0.317 e. The summed E-state index contributed by atoms with van der Waals surface area (Å²) in [7, 11) is 1.82. The molecule has 1 aliphatic carbocycles. The Hall–Kier alpha value is -1.40. The van der Waals surface area contributed by atoms with Crippen molar-refractivity contribution in [3.8, 4) is 0 Å². The third-order valence-electron chi connectivity index (χ3n) is 4.39. The van der Waals surface area contributed by atoms with E-state index in [2.05, 4.69) is 27.8 Å². The number of thiophene rings is 1. The third kappa shape index (κ3) is 3.33. The van der Waals surface area contributed by atoms with Gasteiger partial charge in [0.15, 0.2) is 0 Å². The highest BCUT2D eigenvalue weighted by atomic mass is 32.1. The normalized spacial score (nSPS) is 16.6. The van der Waals surface area contributed by atoms with E-state index in [1.807, 2.05) is 23.8 Å². The van der Waals surface area contributed by atoms with Crippen LogP contribution in [0.25, 0.3) is 0 Å². The first-order valence-electron chi connectivity index (χ1n) is 7.61. The van der Waals surface area contributed by atoms with Gasteiger partial charge in [-0.3, -0.25) is 0 Å². The molecule has 0 aliphatic heterocycles. The molecule has 1 N–H and O–H groups in total. The van der Waals surface area contributed by atoms with Crippen LogP contribution in [-0.2, 0) is 12.0 Å². The number of rotatable bonds is 5. The lowest BCUT2D eigenvalue weighted by molar-refractivity contribution is 0.203. The van der Waals surface area contributed by atoms with E-state index in [0.717, 1.165) is 11.6 Å². The summed E-state index contributed by atoms with van der Waals surface area (Å²) in [6.45, 7) is 1.30. The molecule has 3 rings (SSSR count). The molecule has 2 aromatic rings. The molecule has 6 heteroatoms. The summed E-state index contributed by atoms with van der Waals surface area (Å²) in [4.78, 5) is 19.7. The van der Waals surface area contributed by atoms with Crippen LogP contribution in [0.3, 0.4) is 0 Å². The van der Waals surface area contributed by atoms with Crippen molar-refractivity contribution in [2.75, 3.05) is 13.6 Å². The van der Waals surface area contributed by atoms with Gasteiger partial charge in [-0.2, -0.15) is 0 Å². The monoisotopic (exact) mass is 335 g/mol. The molecule has 4 nitrogen and oxygen atoms in total. The molecule has 2 heterocycles. The van der Waals surface area contributed by atoms with E-state index in [1.54, 1.807) is 22.4 Å². The molecule has 2 amide bonds. The van der Waals surface area contributed by atoms with Gasteiger partial charge in [-0.05, 0) is 24.3 Å². The number of hydrogen-bond acceptors (Lipinski definition) is 4. The number of amides is 2. The molecule has 0 unspecified atom stereocenters. The van der Waals surface area contributed by atoms with Crippen LogP contribution in [0.1, 0.15) is 35.6 Å². The molecule has 2 aromatic heterocycles. The summed E-state index contributed by atoms with van der Waals surface area (Å²) >= 11 is 3.39. The number of nitrogens with one attached hydrogen (secondary N) is 1. The second-order valence-corrected chi connectivity index (χ2v) is 7.83. The van der Waals surface area contributed by atoms with Crippen molar-refractivity contribution in [2.45, 2.75) is 37.6 Å². The lowest BCUT2D eigenvalue weighted by atomic mass is 9.84. The second kappa shape index (κ2) is 6.79. The number of thiazole rings is 1. The molecule has 0 spiro atoms. The van der Waals surface area contributed by atoms with Crippen molar-refractivity contribution in [1.29, 1.82) is 0 Å². The first kappa shape index (κ1) is 15.5. The van der Waals surface area contributed by atoms with Crippen LogP contribution in [0, 0.1) is 0 Å². The van der Waals surface area contributed by atoms with Gasteiger partial charge < -0.3 is 10.2 Å². The van der Waals surface area contributed by atoms with Crippen molar-refractivity contribution in [3.05, 3.63) is 39.0 Å². The van der Waals surface area contributed by atoms with Crippen LogP contribution >= 0.6 is 22.7 Å². The van der Waals surface area contributed by atoms with Gasteiger partial charge in [0.05, 0.1) is 6.54 Å². The summed E-state index contributed by atoms with van der Waals surface area (Å²) in [5.41, 5.74) is 0.145. The maximum atomic E-state index is 12.3. The van der Waals surface area contributed by atoms with E-state index in [0.29, 0.717) is 6.54 Å². The number of hydrogen-bond donors (Lipinski definition) is 1. The lowest BCUT2D eigenvalue weighted by Crippen LogP contribution is -2.43. The number of nitrogens with zero attached hydrogens (tertiary/aromatic N) is 2. The van der Waals surface area contributed by atoms with E-state index in [-0.39, 0.29) is 11.4 Å². The minimum absolute atomic E-state index is 0.0157. The summed E-state index contributed by atoms with van der Waals surface area (Å²) < 4.78 is 0. The predicted octanol–water partition coefficient (Wildman–Crippen LogP) is 3.86. The van der Waals surface area contributed by atoms with Gasteiger partial charge in [-0.15, -0.1) is 22.7 Å². The first-order valence-corrected chi connectivity index (χ1v) is 9.37. The van der Waals surface area contributed by atoms with Crippen molar-refractivity contribution < 1.29 is 4.79 Å². The van der Waals surface area contributed by atoms with Crippen LogP contribution in [-0.4, -0.2) is 29.5 Å². The minimum Gasteiger partial charge on any atom is -0.337 e. The van der Waals surface area contributed by atoms with Crippen LogP contribution in [0.15, 0.2) is 29.1 Å². The average molecular weight is 335 g/mol. The Kier molecular flexibility index (Phi) is 4.78. The number of carbonyl (C=O) groups excluding carboxylic acids is 1. The summed E-state index contributed by atoms with van der Waals surface area (Å²) in [6, 6.07) is 4.30. The third-order valence-corrected chi connectivity index (χ3v) is 6.27. The summed E-state index contributed by atoms with van der Waals surface area (Å²) in [5.74, 6) is 0. The van der Waals surface area contributed by atoms with E-state index in [4.69, 9.17) is 0 Å². The Labute approximate surface area is 139 Å². The molecule has 0 radical (unpaired) electrons. The molecule has 0 atom stereocenters. The van der Waals surface area contributed by atoms with Crippen LogP contribution in [0.4, 0.5) is 4.79 Å². The Morgan fingerprint density at radius 2 is 2.18 bits per heavy atom. The zero-order chi connectivity index (χ0) is 15.4. The van der Waals surface area contributed by atoms with Crippen molar-refractivity contribution >= 4 is 28.7 Å². The largest absolute Gasteiger partial charge is 0.337 e. The minimum atomic E-state index is -0.0157. The second-order valence-electron chi connectivity index (χ2n) is 5.91. The highest BCUT2D eigenvalue weighted by molar-refractivity contribution is 7.10. The molecule has 1 fully saturated rings. The quantitative estimate of drug-likeness (QED) is 0.902. The number of carbonyl (C=O) groups is 1. The number of urea groups is 1. The zero-order valence-corrected chi connectivity index (χ0v) is 14.4. The summed E-state index contributed by atoms with van der Waals surface area (Å²) in [6.07, 6.45) is 6.62. The molecule has 22 heavy (non-hydrogen) atoms. The fourth-order valence-corrected chi connectivity index (χ4v) is 4.78. The molecule has 1 aliphatic rings. The molecular weight excluding hydrogens is 314 g/mol. The Morgan fingerprint density at radius 3 is 2.82 bits per heavy atom. The molecule has 118 valence electrons. The highest BCUT2D eigenvalue weighted by Crippen LogP contribution is 2.42.